The first kappa shape index (κ1) is 15.0. The molecule has 2 rings (SSSR count). The highest BCUT2D eigenvalue weighted by molar-refractivity contribution is 7.84. The summed E-state index contributed by atoms with van der Waals surface area (Å²) in [5.74, 6) is 0.0739. The molecule has 2 aromatic rings. The molecule has 2 N–H and O–H groups in total. The summed E-state index contributed by atoms with van der Waals surface area (Å²) in [6.45, 7) is 0. The molecule has 4 nitrogen and oxygen atoms in total. The predicted octanol–water partition coefficient (Wildman–Crippen LogP) is 2.60. The molecular formula is C15H13FN2O2S. The van der Waals surface area contributed by atoms with Gasteiger partial charge in [-0.15, -0.1) is 0 Å². The Morgan fingerprint density at radius 1 is 1.33 bits per heavy atom. The van der Waals surface area contributed by atoms with Crippen LogP contribution in [0.5, 0.6) is 5.75 Å². The Balaban J connectivity index is 2.35. The Kier molecular flexibility index (Phi) is 4.55. The molecule has 0 amide bonds. The lowest BCUT2D eigenvalue weighted by Gasteiger charge is -2.09. The van der Waals surface area contributed by atoms with Crippen molar-refractivity contribution >= 4 is 16.5 Å². The van der Waals surface area contributed by atoms with Crippen molar-refractivity contribution in [2.75, 3.05) is 12.8 Å². The van der Waals surface area contributed by atoms with Crippen LogP contribution >= 0.6 is 0 Å². The van der Waals surface area contributed by atoms with E-state index in [-0.39, 0.29) is 5.75 Å². The summed E-state index contributed by atoms with van der Waals surface area (Å²) in [6, 6.07) is 10.6. The van der Waals surface area contributed by atoms with Crippen LogP contribution in [0, 0.1) is 17.1 Å². The quantitative estimate of drug-likeness (QED) is 0.881. The lowest BCUT2D eigenvalue weighted by atomic mass is 10.1. The van der Waals surface area contributed by atoms with E-state index in [9.17, 15) is 8.60 Å². The predicted molar refractivity (Wildman–Crippen MR) is 78.6 cm³/mol. The number of nitrogen functional groups attached to an aromatic ring is 1. The second-order valence-electron chi connectivity index (χ2n) is 4.31. The Morgan fingerprint density at radius 3 is 2.76 bits per heavy atom. The van der Waals surface area contributed by atoms with Crippen molar-refractivity contribution < 1.29 is 13.3 Å². The number of nitrogens with zero attached hydrogens (tertiary/aromatic N) is 1. The van der Waals surface area contributed by atoms with Crippen LogP contribution in [0.2, 0.25) is 0 Å². The van der Waals surface area contributed by atoms with Gasteiger partial charge in [0, 0.05) is 5.69 Å². The fourth-order valence-corrected chi connectivity index (χ4v) is 3.10. The summed E-state index contributed by atoms with van der Waals surface area (Å²) in [4.78, 5) is 0.405. The van der Waals surface area contributed by atoms with E-state index in [1.54, 1.807) is 18.2 Å². The van der Waals surface area contributed by atoms with Crippen molar-refractivity contribution in [2.45, 2.75) is 10.6 Å². The van der Waals surface area contributed by atoms with Gasteiger partial charge in [0.25, 0.3) is 0 Å². The number of benzene rings is 2. The average Bonchev–Trinajstić information content (AvgIpc) is 2.48. The van der Waals surface area contributed by atoms with Gasteiger partial charge in [0.1, 0.15) is 11.6 Å². The highest BCUT2D eigenvalue weighted by Gasteiger charge is 2.13. The Morgan fingerprint density at radius 2 is 2.10 bits per heavy atom. The number of hydrogen-bond acceptors (Lipinski definition) is 4. The smallest absolute Gasteiger partial charge is 0.123 e. The van der Waals surface area contributed by atoms with Crippen LogP contribution < -0.4 is 10.5 Å². The third kappa shape index (κ3) is 3.38. The molecule has 0 aliphatic rings. The van der Waals surface area contributed by atoms with Crippen LogP contribution in [-0.2, 0) is 16.6 Å². The molecule has 0 aliphatic carbocycles. The Bertz CT molecular complexity index is 741. The zero-order valence-electron chi connectivity index (χ0n) is 11.3. The van der Waals surface area contributed by atoms with Gasteiger partial charge >= 0.3 is 0 Å². The monoisotopic (exact) mass is 304 g/mol. The molecule has 6 heteroatoms. The van der Waals surface area contributed by atoms with E-state index >= 15 is 0 Å². The summed E-state index contributed by atoms with van der Waals surface area (Å²) in [5, 5.41) is 9.01. The van der Waals surface area contributed by atoms with Gasteiger partial charge in [0.2, 0.25) is 0 Å². The second-order valence-corrected chi connectivity index (χ2v) is 5.73. The number of hydrogen-bond donors (Lipinski definition) is 1. The first-order valence-electron chi connectivity index (χ1n) is 6.05. The van der Waals surface area contributed by atoms with Crippen molar-refractivity contribution in [3.05, 3.63) is 53.3 Å². The fraction of sp³-hybridized carbons (Fsp3) is 0.133. The molecular weight excluding hydrogens is 291 g/mol. The first-order valence-corrected chi connectivity index (χ1v) is 7.37. The van der Waals surface area contributed by atoms with E-state index in [1.165, 1.54) is 25.3 Å². The third-order valence-electron chi connectivity index (χ3n) is 2.94. The molecule has 0 spiro atoms. The van der Waals surface area contributed by atoms with E-state index in [0.29, 0.717) is 27.5 Å². The number of halogens is 1. The molecule has 0 heterocycles. The maximum atomic E-state index is 13.3. The van der Waals surface area contributed by atoms with Gasteiger partial charge in [-0.25, -0.2) is 4.39 Å². The average molecular weight is 304 g/mol. The van der Waals surface area contributed by atoms with E-state index < -0.39 is 16.6 Å². The SMILES string of the molecule is COc1ccc(N)c(S(=O)Cc2cc(F)ccc2C#N)c1. The molecule has 0 fully saturated rings. The van der Waals surface area contributed by atoms with Crippen LogP contribution in [0.15, 0.2) is 41.3 Å². The number of anilines is 1. The maximum absolute atomic E-state index is 13.3. The Hall–Kier alpha value is -2.39. The van der Waals surface area contributed by atoms with Crippen LogP contribution in [0.3, 0.4) is 0 Å². The minimum atomic E-state index is -1.50. The standard InChI is InChI=1S/C15H13FN2O2S/c1-20-13-4-5-14(18)15(7-13)21(19)9-11-6-12(16)3-2-10(11)8-17/h2-7H,9,18H2,1H3. The first-order chi connectivity index (χ1) is 10.0. The number of nitriles is 1. The molecule has 1 unspecified atom stereocenters. The summed E-state index contributed by atoms with van der Waals surface area (Å²) in [5.41, 5.74) is 6.86. The molecule has 0 aromatic heterocycles. The van der Waals surface area contributed by atoms with Crippen LogP contribution in [0.1, 0.15) is 11.1 Å². The lowest BCUT2D eigenvalue weighted by molar-refractivity contribution is 0.413. The normalized spacial score (nSPS) is 11.7. The van der Waals surface area contributed by atoms with Gasteiger partial charge in [0.05, 0.1) is 40.2 Å². The summed E-state index contributed by atoms with van der Waals surface area (Å²) >= 11 is 0. The highest BCUT2D eigenvalue weighted by atomic mass is 32.2. The van der Waals surface area contributed by atoms with Crippen molar-refractivity contribution in [1.82, 2.24) is 0 Å². The minimum Gasteiger partial charge on any atom is -0.497 e. The molecule has 0 saturated heterocycles. The van der Waals surface area contributed by atoms with Crippen molar-refractivity contribution in [1.29, 1.82) is 5.26 Å². The molecule has 0 radical (unpaired) electrons. The molecule has 0 aliphatic heterocycles. The fourth-order valence-electron chi connectivity index (χ4n) is 1.85. The molecule has 0 saturated carbocycles. The summed E-state index contributed by atoms with van der Waals surface area (Å²) in [7, 11) is -0.00218. The van der Waals surface area contributed by atoms with E-state index in [4.69, 9.17) is 15.7 Å². The lowest BCUT2D eigenvalue weighted by Crippen LogP contribution is -2.03. The molecule has 2 aromatic carbocycles. The maximum Gasteiger partial charge on any atom is 0.123 e. The van der Waals surface area contributed by atoms with Gasteiger partial charge in [-0.2, -0.15) is 5.26 Å². The number of methoxy groups -OCH3 is 1. The molecule has 0 bridgehead atoms. The second kappa shape index (κ2) is 6.37. The largest absolute Gasteiger partial charge is 0.497 e. The molecule has 1 atom stereocenters. The minimum absolute atomic E-state index is 0.0119. The van der Waals surface area contributed by atoms with E-state index in [1.807, 2.05) is 6.07 Å². The summed E-state index contributed by atoms with van der Waals surface area (Å²) < 4.78 is 30.8. The van der Waals surface area contributed by atoms with Gasteiger partial charge in [-0.1, -0.05) is 0 Å². The van der Waals surface area contributed by atoms with Gasteiger partial charge in [0.15, 0.2) is 0 Å². The topological polar surface area (TPSA) is 76.1 Å². The highest BCUT2D eigenvalue weighted by Crippen LogP contribution is 2.25. The summed E-state index contributed by atoms with van der Waals surface area (Å²) in [6.07, 6.45) is 0. The molecule has 108 valence electrons. The van der Waals surface area contributed by atoms with Crippen LogP contribution in [0.25, 0.3) is 0 Å². The number of ether oxygens (including phenoxy) is 1. The van der Waals surface area contributed by atoms with Gasteiger partial charge < -0.3 is 10.5 Å². The van der Waals surface area contributed by atoms with Crippen LogP contribution in [-0.4, -0.2) is 11.3 Å². The van der Waals surface area contributed by atoms with Crippen LogP contribution in [0.4, 0.5) is 10.1 Å². The third-order valence-corrected chi connectivity index (χ3v) is 4.36. The zero-order valence-corrected chi connectivity index (χ0v) is 12.1. The van der Waals surface area contributed by atoms with E-state index in [2.05, 4.69) is 0 Å². The number of nitrogens with two attached hydrogens (primary N) is 1. The van der Waals surface area contributed by atoms with Gasteiger partial charge in [-0.05, 0) is 42.0 Å². The van der Waals surface area contributed by atoms with Crippen molar-refractivity contribution in [2.24, 2.45) is 0 Å². The van der Waals surface area contributed by atoms with Gasteiger partial charge in [-0.3, -0.25) is 4.21 Å². The molecule has 21 heavy (non-hydrogen) atoms. The van der Waals surface area contributed by atoms with Crippen molar-refractivity contribution in [3.63, 3.8) is 0 Å². The van der Waals surface area contributed by atoms with E-state index in [0.717, 1.165) is 0 Å². The van der Waals surface area contributed by atoms with Crippen molar-refractivity contribution in [3.8, 4) is 11.8 Å². The zero-order chi connectivity index (χ0) is 15.4. The Labute approximate surface area is 124 Å². The number of rotatable bonds is 4.